The first-order chi connectivity index (χ1) is 11.2. The maximum atomic E-state index is 12.5. The summed E-state index contributed by atoms with van der Waals surface area (Å²) in [5, 5.41) is 7.40. The summed E-state index contributed by atoms with van der Waals surface area (Å²) >= 11 is 0. The summed E-state index contributed by atoms with van der Waals surface area (Å²) < 4.78 is 1.82. The van der Waals surface area contributed by atoms with E-state index in [1.807, 2.05) is 42.1 Å². The highest BCUT2D eigenvalue weighted by atomic mass is 35.5. The van der Waals surface area contributed by atoms with Crippen LogP contribution in [-0.4, -0.2) is 22.2 Å². The second-order valence-corrected chi connectivity index (χ2v) is 6.31. The lowest BCUT2D eigenvalue weighted by atomic mass is 9.94. The van der Waals surface area contributed by atoms with Crippen molar-refractivity contribution >= 4 is 18.3 Å². The summed E-state index contributed by atoms with van der Waals surface area (Å²) in [5.41, 5.74) is 7.86. The molecular weight excluding hydrogens is 324 g/mol. The van der Waals surface area contributed by atoms with Gasteiger partial charge in [0.05, 0.1) is 11.7 Å². The van der Waals surface area contributed by atoms with Crippen molar-refractivity contribution in [2.24, 2.45) is 17.6 Å². The average molecular weight is 349 g/mol. The second-order valence-electron chi connectivity index (χ2n) is 6.31. The maximum absolute atomic E-state index is 12.5. The van der Waals surface area contributed by atoms with Gasteiger partial charge in [0.1, 0.15) is 0 Å². The lowest BCUT2D eigenvalue weighted by molar-refractivity contribution is -0.126. The molecule has 3 rings (SSSR count). The fraction of sp³-hybridized carbons (Fsp3) is 0.444. The molecule has 1 aliphatic rings. The minimum atomic E-state index is -0.0305. The van der Waals surface area contributed by atoms with Gasteiger partial charge in [0, 0.05) is 18.3 Å². The molecule has 0 spiro atoms. The van der Waals surface area contributed by atoms with Crippen molar-refractivity contribution in [1.29, 1.82) is 0 Å². The molecule has 1 fully saturated rings. The molecule has 1 amide bonds. The number of benzene rings is 1. The Morgan fingerprint density at radius 2 is 2.25 bits per heavy atom. The van der Waals surface area contributed by atoms with Gasteiger partial charge in [-0.15, -0.1) is 12.4 Å². The molecule has 0 radical (unpaired) electrons. The average Bonchev–Trinajstić information content (AvgIpc) is 3.26. The normalized spacial score (nSPS) is 21.1. The van der Waals surface area contributed by atoms with Crippen molar-refractivity contribution in [3.63, 3.8) is 0 Å². The molecule has 1 aromatic carbocycles. The first-order valence-electron chi connectivity index (χ1n) is 8.29. The summed E-state index contributed by atoms with van der Waals surface area (Å²) in [5.74, 6) is 0.532. The minimum Gasteiger partial charge on any atom is -0.349 e. The molecule has 1 unspecified atom stereocenters. The smallest absolute Gasteiger partial charge is 0.223 e. The van der Waals surface area contributed by atoms with Crippen LogP contribution >= 0.6 is 12.4 Å². The van der Waals surface area contributed by atoms with Crippen LogP contribution in [0.4, 0.5) is 0 Å². The van der Waals surface area contributed by atoms with Gasteiger partial charge < -0.3 is 11.1 Å². The van der Waals surface area contributed by atoms with Gasteiger partial charge in [-0.3, -0.25) is 4.79 Å². The number of halogens is 1. The van der Waals surface area contributed by atoms with Crippen molar-refractivity contribution in [2.45, 2.75) is 32.2 Å². The molecular formula is C18H25ClN4O. The van der Waals surface area contributed by atoms with Gasteiger partial charge in [-0.1, -0.05) is 18.6 Å². The zero-order chi connectivity index (χ0) is 16.2. The van der Waals surface area contributed by atoms with E-state index in [2.05, 4.69) is 16.5 Å². The van der Waals surface area contributed by atoms with E-state index >= 15 is 0 Å². The van der Waals surface area contributed by atoms with Gasteiger partial charge in [-0.25, -0.2) is 4.68 Å². The molecule has 1 heterocycles. The fourth-order valence-electron chi connectivity index (χ4n) is 3.43. The number of nitrogens with two attached hydrogens (primary N) is 1. The monoisotopic (exact) mass is 348 g/mol. The van der Waals surface area contributed by atoms with Crippen molar-refractivity contribution in [3.05, 3.63) is 48.3 Å². The van der Waals surface area contributed by atoms with E-state index in [9.17, 15) is 4.79 Å². The number of nitrogens with one attached hydrogen (secondary N) is 1. The van der Waals surface area contributed by atoms with Gasteiger partial charge >= 0.3 is 0 Å². The quantitative estimate of drug-likeness (QED) is 0.872. The molecule has 2 aromatic rings. The minimum absolute atomic E-state index is 0. The predicted octanol–water partition coefficient (Wildman–Crippen LogP) is 2.85. The van der Waals surface area contributed by atoms with E-state index in [1.54, 1.807) is 6.20 Å². The highest BCUT2D eigenvalue weighted by Gasteiger charge is 2.32. The van der Waals surface area contributed by atoms with E-state index in [0.717, 1.165) is 30.5 Å². The summed E-state index contributed by atoms with van der Waals surface area (Å²) in [6, 6.07) is 9.96. The highest BCUT2D eigenvalue weighted by molar-refractivity contribution is 5.85. The van der Waals surface area contributed by atoms with E-state index in [1.165, 1.54) is 0 Å². The van der Waals surface area contributed by atoms with Crippen LogP contribution in [0.15, 0.2) is 42.7 Å². The topological polar surface area (TPSA) is 72.9 Å². The lowest BCUT2D eigenvalue weighted by Gasteiger charge is -2.21. The van der Waals surface area contributed by atoms with Gasteiger partial charge in [-0.05, 0) is 56.0 Å². The van der Waals surface area contributed by atoms with Crippen LogP contribution in [0, 0.1) is 11.8 Å². The van der Waals surface area contributed by atoms with Gasteiger partial charge in [0.15, 0.2) is 0 Å². The first-order valence-corrected chi connectivity index (χ1v) is 8.29. The van der Waals surface area contributed by atoms with E-state index in [4.69, 9.17) is 5.73 Å². The summed E-state index contributed by atoms with van der Waals surface area (Å²) in [6.45, 7) is 2.62. The molecule has 1 aromatic heterocycles. The number of carbonyl (C=O) groups is 1. The molecule has 0 aliphatic heterocycles. The zero-order valence-corrected chi connectivity index (χ0v) is 14.7. The standard InChI is InChI=1S/C18H24N4O.ClH/c1-13(21-18(23)17-8-3-6-15(17)12-19)14-5-2-7-16(11-14)22-10-4-9-20-22;/h2,4-5,7,9-11,13,15,17H,3,6,8,12,19H2,1H3,(H,21,23);1H/t13?,15-,17-;/m1./s1. The number of hydrogen-bond donors (Lipinski definition) is 2. The Morgan fingerprint density at radius 1 is 1.42 bits per heavy atom. The molecule has 0 saturated heterocycles. The van der Waals surface area contributed by atoms with Crippen LogP contribution in [0.5, 0.6) is 0 Å². The molecule has 1 saturated carbocycles. The molecule has 3 N–H and O–H groups in total. The van der Waals surface area contributed by atoms with Crippen LogP contribution in [0.1, 0.15) is 37.8 Å². The molecule has 3 atom stereocenters. The maximum Gasteiger partial charge on any atom is 0.223 e. The molecule has 5 nitrogen and oxygen atoms in total. The molecule has 6 heteroatoms. The van der Waals surface area contributed by atoms with Gasteiger partial charge in [0.25, 0.3) is 0 Å². The summed E-state index contributed by atoms with van der Waals surface area (Å²) in [4.78, 5) is 12.5. The van der Waals surface area contributed by atoms with Gasteiger partial charge in [-0.2, -0.15) is 5.10 Å². The number of carbonyl (C=O) groups excluding carboxylic acids is 1. The van der Waals surface area contributed by atoms with Gasteiger partial charge in [0.2, 0.25) is 5.91 Å². The van der Waals surface area contributed by atoms with Crippen molar-refractivity contribution < 1.29 is 4.79 Å². The second kappa shape index (κ2) is 8.31. The summed E-state index contributed by atoms with van der Waals surface area (Å²) in [6.07, 6.45) is 6.78. The van der Waals surface area contributed by atoms with E-state index < -0.39 is 0 Å². The third-order valence-electron chi connectivity index (χ3n) is 4.80. The highest BCUT2D eigenvalue weighted by Crippen LogP contribution is 2.31. The predicted molar refractivity (Wildman–Crippen MR) is 97.3 cm³/mol. The third-order valence-corrected chi connectivity index (χ3v) is 4.80. The largest absolute Gasteiger partial charge is 0.349 e. The number of rotatable bonds is 5. The van der Waals surface area contributed by atoms with Crippen molar-refractivity contribution in [2.75, 3.05) is 6.54 Å². The zero-order valence-electron chi connectivity index (χ0n) is 13.9. The molecule has 1 aliphatic carbocycles. The van der Waals surface area contributed by atoms with E-state index in [0.29, 0.717) is 12.5 Å². The number of nitrogens with zero attached hydrogens (tertiary/aromatic N) is 2. The van der Waals surface area contributed by atoms with E-state index in [-0.39, 0.29) is 30.3 Å². The Morgan fingerprint density at radius 3 is 2.96 bits per heavy atom. The molecule has 0 bridgehead atoms. The molecule has 130 valence electrons. The van der Waals surface area contributed by atoms with Crippen LogP contribution in [0.3, 0.4) is 0 Å². The number of amides is 1. The van der Waals surface area contributed by atoms with Crippen molar-refractivity contribution in [3.8, 4) is 5.69 Å². The Kier molecular flexibility index (Phi) is 6.40. The van der Waals surface area contributed by atoms with Crippen LogP contribution in [0.2, 0.25) is 0 Å². The fourth-order valence-corrected chi connectivity index (χ4v) is 3.43. The van der Waals surface area contributed by atoms with Crippen LogP contribution < -0.4 is 11.1 Å². The number of aromatic nitrogens is 2. The third kappa shape index (κ3) is 3.97. The van der Waals surface area contributed by atoms with Crippen LogP contribution in [-0.2, 0) is 4.79 Å². The Bertz CT molecular complexity index is 659. The van der Waals surface area contributed by atoms with Crippen molar-refractivity contribution in [1.82, 2.24) is 15.1 Å². The number of hydrogen-bond acceptors (Lipinski definition) is 3. The Hall–Kier alpha value is -1.85. The first kappa shape index (κ1) is 18.5. The Labute approximate surface area is 149 Å². The SMILES string of the molecule is CC(NC(=O)[C@@H]1CCC[C@@H]1CN)c1cccc(-n2cccn2)c1.Cl. The van der Waals surface area contributed by atoms with Crippen LogP contribution in [0.25, 0.3) is 5.69 Å². The summed E-state index contributed by atoms with van der Waals surface area (Å²) in [7, 11) is 0. The Balaban J connectivity index is 0.00000208. The lowest BCUT2D eigenvalue weighted by Crippen LogP contribution is -2.36. The molecule has 24 heavy (non-hydrogen) atoms.